The second-order valence-electron chi connectivity index (χ2n) is 5.68. The number of nitrogens with zero attached hydrogens (tertiary/aromatic N) is 1. The number of hydrogen-bond donors (Lipinski definition) is 3. The number of carboxylic acids is 2. The molecule has 1 aliphatic heterocycles. The summed E-state index contributed by atoms with van der Waals surface area (Å²) in [5.74, 6) is -2.48. The monoisotopic (exact) mass is 318 g/mol. The van der Waals surface area contributed by atoms with Crippen molar-refractivity contribution in [2.75, 3.05) is 6.54 Å². The number of nitrogens with one attached hydrogen (secondary N) is 1. The molecule has 6 nitrogen and oxygen atoms in total. The zero-order chi connectivity index (χ0) is 16.7. The molecule has 1 heterocycles. The van der Waals surface area contributed by atoms with Crippen LogP contribution in [0.5, 0.6) is 0 Å². The third-order valence-electron chi connectivity index (χ3n) is 3.99. The molecular formula is C17H22N2O4. The van der Waals surface area contributed by atoms with Crippen LogP contribution >= 0.6 is 0 Å². The Morgan fingerprint density at radius 2 is 1.65 bits per heavy atom. The molecule has 3 N–H and O–H groups in total. The predicted molar refractivity (Wildman–Crippen MR) is 87.2 cm³/mol. The number of aromatic carboxylic acids is 2. The SMILES string of the molecule is O=C(O)c1cccc(C2=NNCCCCCCCC2)c1C(=O)O. The highest BCUT2D eigenvalue weighted by Gasteiger charge is 2.22. The third kappa shape index (κ3) is 4.55. The zero-order valence-corrected chi connectivity index (χ0v) is 13.0. The molecule has 2 rings (SSSR count). The first kappa shape index (κ1) is 17.0. The largest absolute Gasteiger partial charge is 0.478 e. The van der Waals surface area contributed by atoms with Crippen LogP contribution in [0.4, 0.5) is 0 Å². The van der Waals surface area contributed by atoms with E-state index < -0.39 is 11.9 Å². The van der Waals surface area contributed by atoms with Crippen LogP contribution in [0, 0.1) is 0 Å². The standard InChI is InChI=1S/C17H22N2O4/c20-16(21)13-9-7-8-12(15(13)17(22)23)14-10-5-3-1-2-4-6-11-18-19-14/h7-9,18H,1-6,10-11H2,(H,20,21)(H,22,23). The van der Waals surface area contributed by atoms with Crippen molar-refractivity contribution < 1.29 is 19.8 Å². The van der Waals surface area contributed by atoms with Crippen molar-refractivity contribution in [1.29, 1.82) is 0 Å². The summed E-state index contributed by atoms with van der Waals surface area (Å²) in [6.45, 7) is 0.741. The highest BCUT2D eigenvalue weighted by molar-refractivity contribution is 6.13. The lowest BCUT2D eigenvalue weighted by Gasteiger charge is -2.12. The van der Waals surface area contributed by atoms with Gasteiger partial charge in [0.05, 0.1) is 16.8 Å². The van der Waals surface area contributed by atoms with E-state index in [1.54, 1.807) is 12.1 Å². The molecule has 6 heteroatoms. The minimum Gasteiger partial charge on any atom is -0.478 e. The Morgan fingerprint density at radius 3 is 2.35 bits per heavy atom. The normalized spacial score (nSPS) is 16.6. The Labute approximate surface area is 135 Å². The molecule has 0 spiro atoms. The average Bonchev–Trinajstić information content (AvgIpc) is 2.59. The van der Waals surface area contributed by atoms with Gasteiger partial charge in [0, 0.05) is 12.1 Å². The number of hydrazone groups is 1. The lowest BCUT2D eigenvalue weighted by atomic mass is 9.94. The molecule has 0 radical (unpaired) electrons. The molecule has 0 fully saturated rings. The Hall–Kier alpha value is -2.37. The molecule has 1 aromatic rings. The number of benzene rings is 1. The van der Waals surface area contributed by atoms with Crippen LogP contribution in [0.3, 0.4) is 0 Å². The van der Waals surface area contributed by atoms with Crippen LogP contribution < -0.4 is 5.43 Å². The van der Waals surface area contributed by atoms with Crippen molar-refractivity contribution in [2.45, 2.75) is 44.9 Å². The molecule has 0 saturated heterocycles. The minimum atomic E-state index is -1.24. The van der Waals surface area contributed by atoms with E-state index in [-0.39, 0.29) is 11.1 Å². The number of carbonyl (C=O) groups is 2. The lowest BCUT2D eigenvalue weighted by molar-refractivity contribution is 0.0651. The summed E-state index contributed by atoms with van der Waals surface area (Å²) in [6.07, 6.45) is 7.16. The van der Waals surface area contributed by atoms with Gasteiger partial charge >= 0.3 is 11.9 Å². The molecule has 0 unspecified atom stereocenters. The Morgan fingerprint density at radius 1 is 0.957 bits per heavy atom. The minimum absolute atomic E-state index is 0.185. The van der Waals surface area contributed by atoms with Gasteiger partial charge in [0.2, 0.25) is 0 Å². The fourth-order valence-corrected chi connectivity index (χ4v) is 2.81. The smallest absolute Gasteiger partial charge is 0.337 e. The lowest BCUT2D eigenvalue weighted by Crippen LogP contribution is -2.18. The zero-order valence-electron chi connectivity index (χ0n) is 13.0. The number of hydrogen-bond acceptors (Lipinski definition) is 4. The first-order valence-electron chi connectivity index (χ1n) is 8.00. The van der Waals surface area contributed by atoms with E-state index in [0.29, 0.717) is 17.7 Å². The highest BCUT2D eigenvalue weighted by atomic mass is 16.4. The molecule has 0 aromatic heterocycles. The summed E-state index contributed by atoms with van der Waals surface area (Å²) in [7, 11) is 0. The van der Waals surface area contributed by atoms with Crippen LogP contribution in [0.2, 0.25) is 0 Å². The van der Waals surface area contributed by atoms with Crippen LogP contribution in [0.15, 0.2) is 23.3 Å². The van der Waals surface area contributed by atoms with Crippen molar-refractivity contribution in [3.63, 3.8) is 0 Å². The second-order valence-corrected chi connectivity index (χ2v) is 5.68. The summed E-state index contributed by atoms with van der Waals surface area (Å²) >= 11 is 0. The van der Waals surface area contributed by atoms with Gasteiger partial charge in [-0.15, -0.1) is 0 Å². The molecule has 0 amide bonds. The summed E-state index contributed by atoms with van der Waals surface area (Å²) in [6, 6.07) is 4.52. The quantitative estimate of drug-likeness (QED) is 0.795. The van der Waals surface area contributed by atoms with Gasteiger partial charge in [0.25, 0.3) is 0 Å². The first-order valence-corrected chi connectivity index (χ1v) is 8.00. The van der Waals surface area contributed by atoms with Crippen LogP contribution in [-0.4, -0.2) is 34.4 Å². The maximum Gasteiger partial charge on any atom is 0.337 e. The van der Waals surface area contributed by atoms with E-state index in [2.05, 4.69) is 10.5 Å². The van der Waals surface area contributed by atoms with Crippen molar-refractivity contribution in [2.24, 2.45) is 5.10 Å². The van der Waals surface area contributed by atoms with E-state index in [4.69, 9.17) is 0 Å². The maximum absolute atomic E-state index is 11.6. The van der Waals surface area contributed by atoms with E-state index in [1.807, 2.05) is 0 Å². The fraction of sp³-hybridized carbons (Fsp3) is 0.471. The molecule has 0 saturated carbocycles. The van der Waals surface area contributed by atoms with E-state index in [9.17, 15) is 19.8 Å². The fourth-order valence-electron chi connectivity index (χ4n) is 2.81. The highest BCUT2D eigenvalue weighted by Crippen LogP contribution is 2.20. The van der Waals surface area contributed by atoms with Crippen molar-refractivity contribution in [1.82, 2.24) is 5.43 Å². The van der Waals surface area contributed by atoms with Crippen LogP contribution in [0.25, 0.3) is 0 Å². The van der Waals surface area contributed by atoms with Gasteiger partial charge in [-0.2, -0.15) is 5.10 Å². The van der Waals surface area contributed by atoms with E-state index in [0.717, 1.165) is 38.6 Å². The van der Waals surface area contributed by atoms with Crippen molar-refractivity contribution in [3.8, 4) is 0 Å². The molecule has 0 aliphatic carbocycles. The molecule has 1 aromatic carbocycles. The van der Waals surface area contributed by atoms with Gasteiger partial charge in [-0.3, -0.25) is 0 Å². The predicted octanol–water partition coefficient (Wildman–Crippen LogP) is 3.12. The van der Waals surface area contributed by atoms with Gasteiger partial charge < -0.3 is 15.6 Å². The summed E-state index contributed by atoms with van der Waals surface area (Å²) in [5, 5.41) is 23.0. The number of rotatable bonds is 3. The van der Waals surface area contributed by atoms with Crippen molar-refractivity contribution >= 4 is 17.7 Å². The van der Waals surface area contributed by atoms with Crippen LogP contribution in [-0.2, 0) is 0 Å². The molecule has 0 atom stereocenters. The Balaban J connectivity index is 2.40. The Kier molecular flexibility index (Phi) is 6.14. The summed E-state index contributed by atoms with van der Waals surface area (Å²) in [5.41, 5.74) is 3.62. The molecule has 1 aliphatic rings. The average molecular weight is 318 g/mol. The van der Waals surface area contributed by atoms with Crippen molar-refractivity contribution in [3.05, 3.63) is 34.9 Å². The molecule has 23 heavy (non-hydrogen) atoms. The van der Waals surface area contributed by atoms with Gasteiger partial charge in [-0.05, 0) is 25.3 Å². The molecule has 0 bridgehead atoms. The van der Waals surface area contributed by atoms with Gasteiger partial charge in [-0.25, -0.2) is 9.59 Å². The van der Waals surface area contributed by atoms with E-state index >= 15 is 0 Å². The summed E-state index contributed by atoms with van der Waals surface area (Å²) < 4.78 is 0. The molecular weight excluding hydrogens is 296 g/mol. The maximum atomic E-state index is 11.6. The van der Waals surface area contributed by atoms with Crippen LogP contribution in [0.1, 0.15) is 71.2 Å². The Bertz CT molecular complexity index is 611. The van der Waals surface area contributed by atoms with Gasteiger partial charge in [0.1, 0.15) is 0 Å². The summed E-state index contributed by atoms with van der Waals surface area (Å²) in [4.78, 5) is 22.9. The number of carboxylic acid groups (broad SMARTS) is 2. The van der Waals surface area contributed by atoms with E-state index in [1.165, 1.54) is 12.5 Å². The van der Waals surface area contributed by atoms with Gasteiger partial charge in [-0.1, -0.05) is 37.8 Å². The second kappa shape index (κ2) is 8.31. The molecule has 124 valence electrons. The van der Waals surface area contributed by atoms with Gasteiger partial charge in [0.15, 0.2) is 0 Å². The third-order valence-corrected chi connectivity index (χ3v) is 3.99. The topological polar surface area (TPSA) is 99.0 Å². The first-order chi connectivity index (χ1) is 11.1.